The minimum atomic E-state index is -0.843. The lowest BCUT2D eigenvalue weighted by atomic mass is 9.95. The standard InChI is InChI=1S/C13H18N2O4/c1-8-11(14-7-19-8)12(16)15-10-6-4-2-3-5-9(10)13(17)18/h7,9-10H,2-6H2,1H3,(H,15,16)(H,17,18)/t9-,10-/m0/s1. The van der Waals surface area contributed by atoms with E-state index in [0.717, 1.165) is 19.3 Å². The van der Waals surface area contributed by atoms with E-state index < -0.39 is 11.9 Å². The van der Waals surface area contributed by atoms with Crippen molar-refractivity contribution in [2.45, 2.75) is 45.1 Å². The van der Waals surface area contributed by atoms with Crippen molar-refractivity contribution in [3.8, 4) is 0 Å². The number of aryl methyl sites for hydroxylation is 1. The Bertz CT molecular complexity index is 469. The predicted molar refractivity (Wildman–Crippen MR) is 66.7 cm³/mol. The lowest BCUT2D eigenvalue weighted by molar-refractivity contribution is -0.142. The number of amides is 1. The average Bonchev–Trinajstić information content (AvgIpc) is 2.65. The molecule has 104 valence electrons. The maximum absolute atomic E-state index is 12.0. The first-order chi connectivity index (χ1) is 9.09. The van der Waals surface area contributed by atoms with E-state index in [9.17, 15) is 14.7 Å². The first-order valence-corrected chi connectivity index (χ1v) is 6.53. The highest BCUT2D eigenvalue weighted by Crippen LogP contribution is 2.24. The van der Waals surface area contributed by atoms with Crippen molar-refractivity contribution in [1.29, 1.82) is 0 Å². The van der Waals surface area contributed by atoms with Gasteiger partial charge in [-0.2, -0.15) is 0 Å². The molecular weight excluding hydrogens is 248 g/mol. The molecule has 1 heterocycles. The fourth-order valence-electron chi connectivity index (χ4n) is 2.54. The number of rotatable bonds is 3. The Morgan fingerprint density at radius 1 is 1.37 bits per heavy atom. The van der Waals surface area contributed by atoms with Gasteiger partial charge < -0.3 is 14.8 Å². The Kier molecular flexibility index (Phi) is 4.19. The molecule has 0 radical (unpaired) electrons. The van der Waals surface area contributed by atoms with Gasteiger partial charge in [-0.3, -0.25) is 9.59 Å². The summed E-state index contributed by atoms with van der Waals surface area (Å²) < 4.78 is 4.99. The highest BCUT2D eigenvalue weighted by molar-refractivity contribution is 5.93. The SMILES string of the molecule is Cc1ocnc1C(=O)N[C@H]1CCCCC[C@@H]1C(=O)O. The summed E-state index contributed by atoms with van der Waals surface area (Å²) in [5.74, 6) is -1.27. The first-order valence-electron chi connectivity index (χ1n) is 6.53. The van der Waals surface area contributed by atoms with Gasteiger partial charge >= 0.3 is 5.97 Å². The number of carboxylic acids is 1. The molecule has 1 aliphatic rings. The van der Waals surface area contributed by atoms with Gasteiger partial charge in [-0.05, 0) is 19.8 Å². The summed E-state index contributed by atoms with van der Waals surface area (Å²) in [4.78, 5) is 27.2. The van der Waals surface area contributed by atoms with Crippen LogP contribution in [0.5, 0.6) is 0 Å². The Morgan fingerprint density at radius 3 is 2.74 bits per heavy atom. The van der Waals surface area contributed by atoms with Gasteiger partial charge in [-0.25, -0.2) is 4.98 Å². The molecule has 0 aliphatic heterocycles. The second kappa shape index (κ2) is 5.86. The summed E-state index contributed by atoms with van der Waals surface area (Å²) >= 11 is 0. The molecule has 1 saturated carbocycles. The Morgan fingerprint density at radius 2 is 2.11 bits per heavy atom. The summed E-state index contributed by atoms with van der Waals surface area (Å²) in [5.41, 5.74) is 0.230. The fourth-order valence-corrected chi connectivity index (χ4v) is 2.54. The molecule has 0 unspecified atom stereocenters. The lowest BCUT2D eigenvalue weighted by Gasteiger charge is -2.22. The molecule has 0 saturated heterocycles. The molecule has 0 aromatic carbocycles. The maximum atomic E-state index is 12.0. The van der Waals surface area contributed by atoms with E-state index in [1.165, 1.54) is 6.39 Å². The van der Waals surface area contributed by atoms with E-state index in [1.54, 1.807) is 6.92 Å². The second-order valence-electron chi connectivity index (χ2n) is 4.92. The van der Waals surface area contributed by atoms with Crippen molar-refractivity contribution in [2.24, 2.45) is 5.92 Å². The zero-order valence-corrected chi connectivity index (χ0v) is 10.9. The van der Waals surface area contributed by atoms with Gasteiger partial charge in [0.25, 0.3) is 5.91 Å². The van der Waals surface area contributed by atoms with E-state index >= 15 is 0 Å². The van der Waals surface area contributed by atoms with Gasteiger partial charge in [-0.1, -0.05) is 19.3 Å². The van der Waals surface area contributed by atoms with Crippen LogP contribution in [0.2, 0.25) is 0 Å². The molecule has 6 heteroatoms. The van der Waals surface area contributed by atoms with E-state index in [0.29, 0.717) is 18.6 Å². The maximum Gasteiger partial charge on any atom is 0.308 e. The van der Waals surface area contributed by atoms with E-state index in [4.69, 9.17) is 4.42 Å². The van der Waals surface area contributed by atoms with E-state index in [1.807, 2.05) is 0 Å². The lowest BCUT2D eigenvalue weighted by Crippen LogP contribution is -2.43. The van der Waals surface area contributed by atoms with Crippen molar-refractivity contribution in [1.82, 2.24) is 10.3 Å². The number of hydrogen-bond donors (Lipinski definition) is 2. The molecule has 2 N–H and O–H groups in total. The van der Waals surface area contributed by atoms with Gasteiger partial charge in [0.2, 0.25) is 0 Å². The number of aliphatic carboxylic acids is 1. The third kappa shape index (κ3) is 3.13. The number of nitrogens with zero attached hydrogens (tertiary/aromatic N) is 1. The molecule has 1 aromatic heterocycles. The number of carbonyl (C=O) groups is 2. The van der Waals surface area contributed by atoms with Crippen LogP contribution in [0.4, 0.5) is 0 Å². The van der Waals surface area contributed by atoms with Gasteiger partial charge in [0.05, 0.1) is 5.92 Å². The molecule has 6 nitrogen and oxygen atoms in total. The number of carbonyl (C=O) groups excluding carboxylic acids is 1. The number of nitrogens with one attached hydrogen (secondary N) is 1. The van der Waals surface area contributed by atoms with E-state index in [-0.39, 0.29) is 17.6 Å². The molecule has 0 bridgehead atoms. The van der Waals surface area contributed by atoms with Gasteiger partial charge in [0.15, 0.2) is 12.1 Å². The summed E-state index contributed by atoms with van der Waals surface area (Å²) in [6.07, 6.45) is 5.36. The predicted octanol–water partition coefficient (Wildman–Crippen LogP) is 1.75. The summed E-state index contributed by atoms with van der Waals surface area (Å²) in [5, 5.41) is 12.0. The first kappa shape index (κ1) is 13.6. The highest BCUT2D eigenvalue weighted by atomic mass is 16.4. The van der Waals surface area contributed by atoms with Crippen molar-refractivity contribution in [2.75, 3.05) is 0 Å². The Labute approximate surface area is 111 Å². The molecule has 0 spiro atoms. The average molecular weight is 266 g/mol. The third-order valence-electron chi connectivity index (χ3n) is 3.61. The summed E-state index contributed by atoms with van der Waals surface area (Å²) in [6, 6.07) is -0.330. The zero-order valence-electron chi connectivity index (χ0n) is 10.9. The minimum Gasteiger partial charge on any atom is -0.481 e. The molecule has 1 amide bonds. The summed E-state index contributed by atoms with van der Waals surface area (Å²) in [7, 11) is 0. The van der Waals surface area contributed by atoms with Crippen molar-refractivity contribution >= 4 is 11.9 Å². The normalized spacial score (nSPS) is 23.6. The molecule has 19 heavy (non-hydrogen) atoms. The van der Waals surface area contributed by atoms with Crippen LogP contribution in [0.25, 0.3) is 0 Å². The van der Waals surface area contributed by atoms with Crippen molar-refractivity contribution in [3.63, 3.8) is 0 Å². The summed E-state index contributed by atoms with van der Waals surface area (Å²) in [6.45, 7) is 1.66. The number of hydrogen-bond acceptors (Lipinski definition) is 4. The van der Waals surface area contributed by atoms with Gasteiger partial charge in [0.1, 0.15) is 5.76 Å². The monoisotopic (exact) mass is 266 g/mol. The van der Waals surface area contributed by atoms with Crippen LogP contribution in [0.15, 0.2) is 10.8 Å². The number of oxazole rings is 1. The van der Waals surface area contributed by atoms with Gasteiger partial charge in [-0.15, -0.1) is 0 Å². The molecular formula is C13H18N2O4. The molecule has 1 aromatic rings. The molecule has 1 aliphatic carbocycles. The molecule has 2 atom stereocenters. The van der Waals surface area contributed by atoms with Crippen LogP contribution in [0.3, 0.4) is 0 Å². The smallest absolute Gasteiger partial charge is 0.308 e. The van der Waals surface area contributed by atoms with Crippen LogP contribution in [-0.4, -0.2) is 28.0 Å². The van der Waals surface area contributed by atoms with Crippen LogP contribution in [0, 0.1) is 12.8 Å². The van der Waals surface area contributed by atoms with E-state index in [2.05, 4.69) is 10.3 Å². The van der Waals surface area contributed by atoms with Gasteiger partial charge in [0, 0.05) is 6.04 Å². The molecule has 1 fully saturated rings. The van der Waals surface area contributed by atoms with Crippen LogP contribution in [-0.2, 0) is 4.79 Å². The number of carboxylic acid groups (broad SMARTS) is 1. The topological polar surface area (TPSA) is 92.4 Å². The second-order valence-corrected chi connectivity index (χ2v) is 4.92. The van der Waals surface area contributed by atoms with Crippen molar-refractivity contribution < 1.29 is 19.1 Å². The molecule has 2 rings (SSSR count). The third-order valence-corrected chi connectivity index (χ3v) is 3.61. The fraction of sp³-hybridized carbons (Fsp3) is 0.615. The van der Waals surface area contributed by atoms with Crippen LogP contribution in [0.1, 0.15) is 48.4 Å². The Hall–Kier alpha value is -1.85. The largest absolute Gasteiger partial charge is 0.481 e. The number of aromatic nitrogens is 1. The van der Waals surface area contributed by atoms with Crippen LogP contribution >= 0.6 is 0 Å². The minimum absolute atomic E-state index is 0.230. The zero-order chi connectivity index (χ0) is 13.8. The highest BCUT2D eigenvalue weighted by Gasteiger charge is 2.31. The quantitative estimate of drug-likeness (QED) is 0.813. The van der Waals surface area contributed by atoms with Crippen LogP contribution < -0.4 is 5.32 Å². The Balaban J connectivity index is 2.08. The van der Waals surface area contributed by atoms with Crippen molar-refractivity contribution in [3.05, 3.63) is 17.8 Å².